The number of carbonyl (C=O) groups is 2. The summed E-state index contributed by atoms with van der Waals surface area (Å²) in [6.07, 6.45) is 0. The first-order valence-corrected chi connectivity index (χ1v) is 6.87. The highest BCUT2D eigenvalue weighted by Gasteiger charge is 2.18. The Morgan fingerprint density at radius 1 is 1.33 bits per heavy atom. The summed E-state index contributed by atoms with van der Waals surface area (Å²) in [7, 11) is 1.61. The summed E-state index contributed by atoms with van der Waals surface area (Å²) in [5.74, 6) is -0.431. The van der Waals surface area contributed by atoms with Gasteiger partial charge in [0, 0.05) is 19.2 Å². The van der Waals surface area contributed by atoms with Crippen LogP contribution in [0.25, 0.3) is 0 Å². The number of hydrogen-bond donors (Lipinski definition) is 3. The number of nitrogens with one attached hydrogen (secondary N) is 1. The molecule has 0 aliphatic heterocycles. The quantitative estimate of drug-likeness (QED) is 0.709. The molecule has 0 radical (unpaired) electrons. The fraction of sp³-hybridized carbons (Fsp3) is 0.467. The van der Waals surface area contributed by atoms with Gasteiger partial charge < -0.3 is 21.1 Å². The van der Waals surface area contributed by atoms with Gasteiger partial charge in [-0.1, -0.05) is 32.0 Å². The van der Waals surface area contributed by atoms with E-state index in [0.29, 0.717) is 5.56 Å². The number of phenols is 1. The third kappa shape index (κ3) is 5.07. The van der Waals surface area contributed by atoms with Crippen LogP contribution in [0.1, 0.15) is 19.4 Å². The lowest BCUT2D eigenvalue weighted by atomic mass is 10.1. The number of benzene rings is 1. The van der Waals surface area contributed by atoms with Gasteiger partial charge in [0.05, 0.1) is 12.6 Å². The molecule has 2 amide bonds. The van der Waals surface area contributed by atoms with Crippen molar-refractivity contribution in [1.82, 2.24) is 10.2 Å². The molecule has 6 nitrogen and oxygen atoms in total. The average molecular weight is 293 g/mol. The molecular weight excluding hydrogens is 270 g/mol. The molecule has 0 heterocycles. The van der Waals surface area contributed by atoms with Crippen molar-refractivity contribution in [2.24, 2.45) is 11.7 Å². The third-order valence-electron chi connectivity index (χ3n) is 3.26. The summed E-state index contributed by atoms with van der Waals surface area (Å²) in [5.41, 5.74) is 6.35. The first-order chi connectivity index (χ1) is 9.82. The third-order valence-corrected chi connectivity index (χ3v) is 3.26. The highest BCUT2D eigenvalue weighted by Crippen LogP contribution is 2.16. The standard InChI is InChI=1S/C15H23N3O3/c1-10(2)14(16)15(21)17-8-13(20)18(3)9-11-6-4-5-7-12(11)19/h4-7,10,14,19H,8-9,16H2,1-3H3,(H,17,21)/t14-/m0/s1. The molecule has 4 N–H and O–H groups in total. The number of para-hydroxylation sites is 1. The number of likely N-dealkylation sites (N-methyl/N-ethyl adjacent to an activating group) is 1. The predicted octanol–water partition coefficient (Wildman–Crippen LogP) is 0.450. The molecule has 0 spiro atoms. The average Bonchev–Trinajstić information content (AvgIpc) is 2.45. The van der Waals surface area contributed by atoms with Crippen LogP contribution < -0.4 is 11.1 Å². The van der Waals surface area contributed by atoms with Gasteiger partial charge in [-0.3, -0.25) is 9.59 Å². The molecule has 1 aromatic rings. The van der Waals surface area contributed by atoms with Crippen LogP contribution in [-0.4, -0.2) is 41.5 Å². The van der Waals surface area contributed by atoms with Crippen LogP contribution >= 0.6 is 0 Å². The molecule has 6 heteroatoms. The molecule has 1 atom stereocenters. The Morgan fingerprint density at radius 2 is 1.95 bits per heavy atom. The smallest absolute Gasteiger partial charge is 0.242 e. The monoisotopic (exact) mass is 293 g/mol. The van der Waals surface area contributed by atoms with Crippen molar-refractivity contribution in [3.63, 3.8) is 0 Å². The molecule has 1 rings (SSSR count). The molecule has 116 valence electrons. The van der Waals surface area contributed by atoms with E-state index in [0.717, 1.165) is 0 Å². The number of amides is 2. The number of hydrogen-bond acceptors (Lipinski definition) is 4. The maximum Gasteiger partial charge on any atom is 0.242 e. The minimum atomic E-state index is -0.624. The van der Waals surface area contributed by atoms with Crippen LogP contribution in [0.2, 0.25) is 0 Å². The summed E-state index contributed by atoms with van der Waals surface area (Å²) in [4.78, 5) is 25.1. The van der Waals surface area contributed by atoms with Gasteiger partial charge in [-0.05, 0) is 12.0 Å². The van der Waals surface area contributed by atoms with Crippen molar-refractivity contribution in [3.05, 3.63) is 29.8 Å². The fourth-order valence-electron chi connectivity index (χ4n) is 1.71. The zero-order valence-electron chi connectivity index (χ0n) is 12.7. The van der Waals surface area contributed by atoms with Crippen molar-refractivity contribution < 1.29 is 14.7 Å². The van der Waals surface area contributed by atoms with Crippen LogP contribution in [0, 0.1) is 5.92 Å². The topological polar surface area (TPSA) is 95.7 Å². The first-order valence-electron chi connectivity index (χ1n) is 6.87. The summed E-state index contributed by atoms with van der Waals surface area (Å²) < 4.78 is 0. The SMILES string of the molecule is CC(C)[C@H](N)C(=O)NCC(=O)N(C)Cc1ccccc1O. The Bertz CT molecular complexity index is 503. The van der Waals surface area contributed by atoms with E-state index in [9.17, 15) is 14.7 Å². The summed E-state index contributed by atoms with van der Waals surface area (Å²) >= 11 is 0. The van der Waals surface area contributed by atoms with E-state index in [-0.39, 0.29) is 36.6 Å². The lowest BCUT2D eigenvalue weighted by Gasteiger charge is -2.20. The number of rotatable bonds is 6. The fourth-order valence-corrected chi connectivity index (χ4v) is 1.71. The lowest BCUT2D eigenvalue weighted by molar-refractivity contribution is -0.132. The van der Waals surface area contributed by atoms with Crippen molar-refractivity contribution >= 4 is 11.8 Å². The molecular formula is C15H23N3O3. The molecule has 0 fully saturated rings. The van der Waals surface area contributed by atoms with Crippen molar-refractivity contribution in [2.45, 2.75) is 26.4 Å². The van der Waals surface area contributed by atoms with Crippen LogP contribution in [0.4, 0.5) is 0 Å². The maximum atomic E-state index is 11.9. The van der Waals surface area contributed by atoms with Crippen molar-refractivity contribution in [1.29, 1.82) is 0 Å². The maximum absolute atomic E-state index is 11.9. The predicted molar refractivity (Wildman–Crippen MR) is 80.4 cm³/mol. The van der Waals surface area contributed by atoms with E-state index in [4.69, 9.17) is 5.73 Å². The Kier molecular flexibility index (Phi) is 6.17. The minimum Gasteiger partial charge on any atom is -0.508 e. The number of carbonyl (C=O) groups excluding carboxylic acids is 2. The van der Waals surface area contributed by atoms with Gasteiger partial charge in [-0.15, -0.1) is 0 Å². The van der Waals surface area contributed by atoms with Crippen LogP contribution in [0.15, 0.2) is 24.3 Å². The van der Waals surface area contributed by atoms with Gasteiger partial charge in [0.15, 0.2) is 0 Å². The van der Waals surface area contributed by atoms with E-state index >= 15 is 0 Å². The van der Waals surface area contributed by atoms with E-state index in [2.05, 4.69) is 5.32 Å². The normalized spacial score (nSPS) is 12.0. The summed E-state index contributed by atoms with van der Waals surface area (Å²) in [5, 5.41) is 12.2. The molecule has 0 aliphatic rings. The zero-order chi connectivity index (χ0) is 16.0. The minimum absolute atomic E-state index is 0.0131. The van der Waals surface area contributed by atoms with Gasteiger partial charge in [0.2, 0.25) is 11.8 Å². The van der Waals surface area contributed by atoms with Crippen LogP contribution in [0.5, 0.6) is 5.75 Å². The van der Waals surface area contributed by atoms with Crippen molar-refractivity contribution in [3.8, 4) is 5.75 Å². The Morgan fingerprint density at radius 3 is 2.52 bits per heavy atom. The summed E-state index contributed by atoms with van der Waals surface area (Å²) in [6, 6.07) is 6.19. The molecule has 0 aromatic heterocycles. The van der Waals surface area contributed by atoms with E-state index in [1.54, 1.807) is 31.3 Å². The Balaban J connectivity index is 2.49. The second-order valence-corrected chi connectivity index (χ2v) is 5.37. The van der Waals surface area contributed by atoms with Crippen molar-refractivity contribution in [2.75, 3.05) is 13.6 Å². The van der Waals surface area contributed by atoms with E-state index < -0.39 is 6.04 Å². The van der Waals surface area contributed by atoms with Crippen LogP contribution in [-0.2, 0) is 16.1 Å². The highest BCUT2D eigenvalue weighted by atomic mass is 16.3. The second-order valence-electron chi connectivity index (χ2n) is 5.37. The Labute approximate surface area is 124 Å². The number of phenolic OH excluding ortho intramolecular Hbond substituents is 1. The molecule has 0 bridgehead atoms. The largest absolute Gasteiger partial charge is 0.508 e. The molecule has 0 unspecified atom stereocenters. The molecule has 21 heavy (non-hydrogen) atoms. The van der Waals surface area contributed by atoms with Gasteiger partial charge in [-0.2, -0.15) is 0 Å². The van der Waals surface area contributed by atoms with E-state index in [1.807, 2.05) is 13.8 Å². The molecule has 0 saturated carbocycles. The Hall–Kier alpha value is -2.08. The number of aromatic hydroxyl groups is 1. The second kappa shape index (κ2) is 7.64. The van der Waals surface area contributed by atoms with Gasteiger partial charge >= 0.3 is 0 Å². The van der Waals surface area contributed by atoms with Gasteiger partial charge in [-0.25, -0.2) is 0 Å². The zero-order valence-corrected chi connectivity index (χ0v) is 12.7. The van der Waals surface area contributed by atoms with Gasteiger partial charge in [0.25, 0.3) is 0 Å². The molecule has 0 aliphatic carbocycles. The van der Waals surface area contributed by atoms with Gasteiger partial charge in [0.1, 0.15) is 5.75 Å². The number of nitrogens with two attached hydrogens (primary N) is 1. The summed E-state index contributed by atoms with van der Waals surface area (Å²) in [6.45, 7) is 3.85. The number of nitrogens with zero attached hydrogens (tertiary/aromatic N) is 1. The molecule has 0 saturated heterocycles. The van der Waals surface area contributed by atoms with Crippen LogP contribution in [0.3, 0.4) is 0 Å². The first kappa shape index (κ1) is 17.0. The molecule has 1 aromatic carbocycles. The highest BCUT2D eigenvalue weighted by molar-refractivity contribution is 5.87. The lowest BCUT2D eigenvalue weighted by Crippen LogP contribution is -2.47. The van der Waals surface area contributed by atoms with E-state index in [1.165, 1.54) is 4.90 Å².